The van der Waals surface area contributed by atoms with Gasteiger partial charge in [0.1, 0.15) is 24.0 Å². The molecule has 32 heavy (non-hydrogen) atoms. The fourth-order valence-corrected chi connectivity index (χ4v) is 4.27. The van der Waals surface area contributed by atoms with Crippen LogP contribution in [0.15, 0.2) is 65.3 Å². The highest BCUT2D eigenvalue weighted by Gasteiger charge is 2.40. The van der Waals surface area contributed by atoms with Crippen LogP contribution in [0.1, 0.15) is 49.3 Å². The molecular formula is C27H26N2O3. The Morgan fingerprint density at radius 1 is 1.00 bits per heavy atom. The molecule has 0 aromatic heterocycles. The molecule has 2 aromatic rings. The van der Waals surface area contributed by atoms with Crippen molar-refractivity contribution in [3.05, 3.63) is 81.9 Å². The monoisotopic (exact) mass is 426 g/mol. The van der Waals surface area contributed by atoms with Crippen molar-refractivity contribution in [3.8, 4) is 11.8 Å². The van der Waals surface area contributed by atoms with Gasteiger partial charge in [0.25, 0.3) is 11.8 Å². The summed E-state index contributed by atoms with van der Waals surface area (Å²) >= 11 is 0. The summed E-state index contributed by atoms with van der Waals surface area (Å²) in [6.45, 7) is 4.20. The van der Waals surface area contributed by atoms with E-state index in [2.05, 4.69) is 12.1 Å². The minimum absolute atomic E-state index is 0.0563. The molecule has 4 rings (SSSR count). The number of aryl methyl sites for hydroxylation is 1. The second-order valence-electron chi connectivity index (χ2n) is 8.43. The number of nitrogens with zero attached hydrogens (tertiary/aromatic N) is 2. The molecule has 0 saturated heterocycles. The van der Waals surface area contributed by atoms with Gasteiger partial charge in [-0.05, 0) is 61.6 Å². The van der Waals surface area contributed by atoms with Crippen molar-refractivity contribution < 1.29 is 14.3 Å². The van der Waals surface area contributed by atoms with Crippen molar-refractivity contribution in [2.45, 2.75) is 52.2 Å². The van der Waals surface area contributed by atoms with Crippen LogP contribution in [-0.4, -0.2) is 22.8 Å². The molecule has 1 aliphatic heterocycles. The summed E-state index contributed by atoms with van der Waals surface area (Å²) in [4.78, 5) is 27.3. The normalized spacial score (nSPS) is 18.4. The van der Waals surface area contributed by atoms with E-state index in [9.17, 15) is 14.9 Å². The standard InChI is InChI=1S/C27H26N2O3/c1-18-7-9-21(10-8-18)17-32-23-13-11-20(12-14-23)15-24-19(2)25(16-28)27(31)29(26(24)30)22-5-3-4-6-22/h7-15,22H,3-6,17H2,1-2H3/b24-15+. The Morgan fingerprint density at radius 2 is 1.66 bits per heavy atom. The molecule has 1 saturated carbocycles. The van der Waals surface area contributed by atoms with E-state index < -0.39 is 5.91 Å². The van der Waals surface area contributed by atoms with Gasteiger partial charge in [0.15, 0.2) is 0 Å². The van der Waals surface area contributed by atoms with Gasteiger partial charge in [0.05, 0.1) is 0 Å². The van der Waals surface area contributed by atoms with Crippen LogP contribution in [0.5, 0.6) is 5.75 Å². The van der Waals surface area contributed by atoms with E-state index in [-0.39, 0.29) is 17.5 Å². The molecule has 2 aromatic carbocycles. The number of ether oxygens (including phenoxy) is 1. The summed E-state index contributed by atoms with van der Waals surface area (Å²) in [5, 5.41) is 9.56. The molecule has 0 bridgehead atoms. The largest absolute Gasteiger partial charge is 0.489 e. The van der Waals surface area contributed by atoms with E-state index >= 15 is 0 Å². The molecule has 5 nitrogen and oxygen atoms in total. The highest BCUT2D eigenvalue weighted by Crippen LogP contribution is 2.33. The molecule has 0 unspecified atom stereocenters. The summed E-state index contributed by atoms with van der Waals surface area (Å²) in [7, 11) is 0. The van der Waals surface area contributed by atoms with E-state index in [1.54, 1.807) is 13.0 Å². The van der Waals surface area contributed by atoms with E-state index in [1.165, 1.54) is 10.5 Å². The smallest absolute Gasteiger partial charge is 0.271 e. The number of carbonyl (C=O) groups excluding carboxylic acids is 2. The first kappa shape index (κ1) is 21.6. The van der Waals surface area contributed by atoms with Crippen LogP contribution in [0.25, 0.3) is 6.08 Å². The molecule has 1 aliphatic carbocycles. The van der Waals surface area contributed by atoms with Crippen LogP contribution < -0.4 is 4.74 Å². The minimum Gasteiger partial charge on any atom is -0.489 e. The Bertz CT molecular complexity index is 1130. The molecule has 0 N–H and O–H groups in total. The van der Waals surface area contributed by atoms with Crippen molar-refractivity contribution in [3.63, 3.8) is 0 Å². The Kier molecular flexibility index (Phi) is 6.23. The number of carbonyl (C=O) groups is 2. The molecule has 0 atom stereocenters. The number of hydrogen-bond acceptors (Lipinski definition) is 4. The lowest BCUT2D eigenvalue weighted by molar-refractivity contribution is -0.143. The van der Waals surface area contributed by atoms with Crippen molar-refractivity contribution in [1.82, 2.24) is 4.90 Å². The molecule has 0 radical (unpaired) electrons. The molecule has 5 heteroatoms. The van der Waals surface area contributed by atoms with Crippen LogP contribution in [-0.2, 0) is 16.2 Å². The Hall–Kier alpha value is -3.65. The van der Waals surface area contributed by atoms with Gasteiger partial charge in [-0.25, -0.2) is 0 Å². The number of rotatable bonds is 5. The quantitative estimate of drug-likeness (QED) is 0.492. The number of benzene rings is 2. The van der Waals surface area contributed by atoms with Gasteiger partial charge < -0.3 is 4.74 Å². The van der Waals surface area contributed by atoms with Gasteiger partial charge in [-0.15, -0.1) is 0 Å². The lowest BCUT2D eigenvalue weighted by Crippen LogP contribution is -2.47. The molecule has 162 valence electrons. The number of imide groups is 1. The predicted molar refractivity (Wildman–Crippen MR) is 122 cm³/mol. The molecular weight excluding hydrogens is 400 g/mol. The fourth-order valence-electron chi connectivity index (χ4n) is 4.27. The molecule has 0 spiro atoms. The highest BCUT2D eigenvalue weighted by molar-refractivity contribution is 6.19. The Morgan fingerprint density at radius 3 is 2.28 bits per heavy atom. The first-order chi connectivity index (χ1) is 15.5. The average molecular weight is 427 g/mol. The third-order valence-electron chi connectivity index (χ3n) is 6.18. The third-order valence-corrected chi connectivity index (χ3v) is 6.18. The zero-order valence-corrected chi connectivity index (χ0v) is 18.4. The summed E-state index contributed by atoms with van der Waals surface area (Å²) in [5.74, 6) is -0.0348. The van der Waals surface area contributed by atoms with Gasteiger partial charge in [-0.2, -0.15) is 5.26 Å². The number of amides is 2. The summed E-state index contributed by atoms with van der Waals surface area (Å²) in [5.41, 5.74) is 4.02. The Balaban J connectivity index is 1.55. The second kappa shape index (κ2) is 9.23. The Labute approximate surface area is 188 Å². The van der Waals surface area contributed by atoms with Gasteiger partial charge in [-0.1, -0.05) is 54.8 Å². The topological polar surface area (TPSA) is 70.4 Å². The maximum atomic E-state index is 13.2. The van der Waals surface area contributed by atoms with Crippen molar-refractivity contribution in [2.75, 3.05) is 0 Å². The summed E-state index contributed by atoms with van der Waals surface area (Å²) in [6, 6.07) is 17.6. The fraction of sp³-hybridized carbons (Fsp3) is 0.296. The van der Waals surface area contributed by atoms with E-state index in [0.717, 1.165) is 42.6 Å². The lowest BCUT2D eigenvalue weighted by atomic mass is 9.92. The van der Waals surface area contributed by atoms with E-state index in [4.69, 9.17) is 4.74 Å². The number of nitriles is 1. The first-order valence-electron chi connectivity index (χ1n) is 11.0. The van der Waals surface area contributed by atoms with Crippen molar-refractivity contribution in [2.24, 2.45) is 0 Å². The van der Waals surface area contributed by atoms with Crippen LogP contribution in [0.2, 0.25) is 0 Å². The average Bonchev–Trinajstić information content (AvgIpc) is 3.32. The molecule has 2 aliphatic rings. The highest BCUT2D eigenvalue weighted by atomic mass is 16.5. The van der Waals surface area contributed by atoms with Crippen molar-refractivity contribution >= 4 is 17.9 Å². The lowest BCUT2D eigenvalue weighted by Gasteiger charge is -2.32. The molecule has 1 fully saturated rings. The van der Waals surface area contributed by atoms with E-state index in [1.807, 2.05) is 49.4 Å². The SMILES string of the molecule is CC1=C(C#N)C(=O)N(C2CCCC2)C(=O)/C1=C/c1ccc(OCc2ccc(C)cc2)cc1. The number of hydrogen-bond donors (Lipinski definition) is 0. The maximum Gasteiger partial charge on any atom is 0.271 e. The van der Waals surface area contributed by atoms with E-state index in [0.29, 0.717) is 17.8 Å². The molecule has 2 amide bonds. The summed E-state index contributed by atoms with van der Waals surface area (Å²) in [6.07, 6.45) is 5.35. The van der Waals surface area contributed by atoms with Gasteiger partial charge in [-0.3, -0.25) is 14.5 Å². The van der Waals surface area contributed by atoms with Gasteiger partial charge in [0.2, 0.25) is 0 Å². The zero-order valence-electron chi connectivity index (χ0n) is 18.4. The van der Waals surface area contributed by atoms with Crippen LogP contribution in [0, 0.1) is 18.3 Å². The zero-order chi connectivity index (χ0) is 22.7. The molecule has 1 heterocycles. The second-order valence-corrected chi connectivity index (χ2v) is 8.43. The van der Waals surface area contributed by atoms with Crippen LogP contribution >= 0.6 is 0 Å². The van der Waals surface area contributed by atoms with Gasteiger partial charge >= 0.3 is 0 Å². The third kappa shape index (κ3) is 4.36. The first-order valence-corrected chi connectivity index (χ1v) is 11.0. The van der Waals surface area contributed by atoms with Crippen LogP contribution in [0.4, 0.5) is 0 Å². The minimum atomic E-state index is -0.459. The summed E-state index contributed by atoms with van der Waals surface area (Å²) < 4.78 is 5.86. The van der Waals surface area contributed by atoms with Crippen LogP contribution in [0.3, 0.4) is 0 Å². The predicted octanol–water partition coefficient (Wildman–Crippen LogP) is 5.11. The van der Waals surface area contributed by atoms with Gasteiger partial charge in [0, 0.05) is 11.6 Å². The maximum absolute atomic E-state index is 13.2. The van der Waals surface area contributed by atoms with Crippen molar-refractivity contribution in [1.29, 1.82) is 5.26 Å².